The first-order valence-corrected chi connectivity index (χ1v) is 6.54. The molecule has 2 aromatic rings. The SMILES string of the molecule is CSc1ccc(C(N)Cc2nnn(C)n2)cc1. The average Bonchev–Trinajstić information content (AvgIpc) is 2.75. The minimum Gasteiger partial charge on any atom is -0.324 e. The lowest BCUT2D eigenvalue weighted by Gasteiger charge is -2.09. The van der Waals surface area contributed by atoms with Gasteiger partial charge in [-0.1, -0.05) is 12.1 Å². The van der Waals surface area contributed by atoms with Gasteiger partial charge in [-0.15, -0.1) is 22.0 Å². The Labute approximate surface area is 104 Å². The zero-order valence-electron chi connectivity index (χ0n) is 9.87. The number of aryl methyl sites for hydroxylation is 1. The Balaban J connectivity index is 2.06. The molecule has 0 spiro atoms. The molecule has 1 aromatic carbocycles. The number of hydrogen-bond donors (Lipinski definition) is 1. The number of nitrogens with two attached hydrogens (primary N) is 1. The van der Waals surface area contributed by atoms with Gasteiger partial charge in [0, 0.05) is 17.4 Å². The molecule has 6 heteroatoms. The Morgan fingerprint density at radius 1 is 1.35 bits per heavy atom. The van der Waals surface area contributed by atoms with E-state index in [1.807, 2.05) is 12.1 Å². The van der Waals surface area contributed by atoms with E-state index < -0.39 is 0 Å². The minimum absolute atomic E-state index is 0.0879. The number of thioether (sulfide) groups is 1. The topological polar surface area (TPSA) is 69.6 Å². The molecule has 0 fully saturated rings. The zero-order valence-corrected chi connectivity index (χ0v) is 10.7. The molecule has 1 atom stereocenters. The van der Waals surface area contributed by atoms with Crippen molar-refractivity contribution in [2.45, 2.75) is 17.4 Å². The van der Waals surface area contributed by atoms with Crippen molar-refractivity contribution < 1.29 is 0 Å². The van der Waals surface area contributed by atoms with Gasteiger partial charge in [0.05, 0.1) is 7.05 Å². The van der Waals surface area contributed by atoms with Crippen molar-refractivity contribution in [3.63, 3.8) is 0 Å². The van der Waals surface area contributed by atoms with Crippen molar-refractivity contribution in [3.8, 4) is 0 Å². The highest BCUT2D eigenvalue weighted by Gasteiger charge is 2.10. The predicted octanol–water partition coefficient (Wildman–Crippen LogP) is 1.17. The summed E-state index contributed by atoms with van der Waals surface area (Å²) in [5, 5.41) is 11.8. The summed E-state index contributed by atoms with van der Waals surface area (Å²) >= 11 is 1.72. The van der Waals surface area contributed by atoms with Gasteiger partial charge in [-0.05, 0) is 29.2 Å². The Hall–Kier alpha value is -1.40. The molecule has 0 aliphatic heterocycles. The van der Waals surface area contributed by atoms with Crippen molar-refractivity contribution in [2.24, 2.45) is 12.8 Å². The summed E-state index contributed by atoms with van der Waals surface area (Å²) in [4.78, 5) is 2.68. The van der Waals surface area contributed by atoms with Crippen LogP contribution in [0.3, 0.4) is 0 Å². The lowest BCUT2D eigenvalue weighted by molar-refractivity contribution is 0.622. The van der Waals surface area contributed by atoms with Crippen molar-refractivity contribution in [3.05, 3.63) is 35.7 Å². The van der Waals surface area contributed by atoms with Gasteiger partial charge in [0.25, 0.3) is 0 Å². The predicted molar refractivity (Wildman–Crippen MR) is 67.7 cm³/mol. The van der Waals surface area contributed by atoms with E-state index in [4.69, 9.17) is 5.73 Å². The van der Waals surface area contributed by atoms with Crippen LogP contribution in [0.4, 0.5) is 0 Å². The summed E-state index contributed by atoms with van der Waals surface area (Å²) < 4.78 is 0. The third-order valence-corrected chi connectivity index (χ3v) is 3.24. The van der Waals surface area contributed by atoms with Crippen LogP contribution < -0.4 is 5.73 Å². The number of nitrogens with zero attached hydrogens (tertiary/aromatic N) is 4. The van der Waals surface area contributed by atoms with Gasteiger partial charge in [0.1, 0.15) is 0 Å². The Bertz CT molecular complexity index is 479. The highest BCUT2D eigenvalue weighted by Crippen LogP contribution is 2.19. The molecule has 0 bridgehead atoms. The van der Waals surface area contributed by atoms with Crippen LogP contribution in [0.15, 0.2) is 29.2 Å². The van der Waals surface area contributed by atoms with Crippen LogP contribution in [-0.2, 0) is 13.5 Å². The van der Waals surface area contributed by atoms with Crippen LogP contribution in [0, 0.1) is 0 Å². The van der Waals surface area contributed by atoms with Gasteiger partial charge in [0.2, 0.25) is 0 Å². The van der Waals surface area contributed by atoms with E-state index in [9.17, 15) is 0 Å². The Morgan fingerprint density at radius 2 is 2.06 bits per heavy atom. The minimum atomic E-state index is -0.0879. The lowest BCUT2D eigenvalue weighted by Crippen LogP contribution is -2.14. The highest BCUT2D eigenvalue weighted by atomic mass is 32.2. The normalized spacial score (nSPS) is 12.6. The molecule has 1 heterocycles. The van der Waals surface area contributed by atoms with Gasteiger partial charge in [-0.3, -0.25) is 0 Å². The average molecular weight is 249 g/mol. The fourth-order valence-corrected chi connectivity index (χ4v) is 1.98. The fourth-order valence-electron chi connectivity index (χ4n) is 1.57. The Morgan fingerprint density at radius 3 is 2.59 bits per heavy atom. The molecule has 90 valence electrons. The number of tetrazole rings is 1. The molecule has 0 aliphatic rings. The first kappa shape index (κ1) is 12.1. The molecule has 2 rings (SSSR count). The molecule has 0 radical (unpaired) electrons. The summed E-state index contributed by atoms with van der Waals surface area (Å²) in [6, 6.07) is 8.16. The smallest absolute Gasteiger partial charge is 0.176 e. The van der Waals surface area contributed by atoms with E-state index in [1.165, 1.54) is 9.69 Å². The number of benzene rings is 1. The van der Waals surface area contributed by atoms with Crippen molar-refractivity contribution >= 4 is 11.8 Å². The molecule has 1 aromatic heterocycles. The second-order valence-electron chi connectivity index (χ2n) is 3.78. The summed E-state index contributed by atoms with van der Waals surface area (Å²) in [6.07, 6.45) is 2.66. The first-order chi connectivity index (χ1) is 8.19. The lowest BCUT2D eigenvalue weighted by atomic mass is 10.0. The zero-order chi connectivity index (χ0) is 12.3. The summed E-state index contributed by atoms with van der Waals surface area (Å²) in [5.74, 6) is 0.675. The van der Waals surface area contributed by atoms with Crippen molar-refractivity contribution in [1.82, 2.24) is 20.2 Å². The first-order valence-electron chi connectivity index (χ1n) is 5.31. The van der Waals surface area contributed by atoms with Crippen LogP contribution >= 0.6 is 11.8 Å². The van der Waals surface area contributed by atoms with E-state index in [0.29, 0.717) is 12.2 Å². The Kier molecular flexibility index (Phi) is 3.75. The maximum atomic E-state index is 6.10. The van der Waals surface area contributed by atoms with Crippen molar-refractivity contribution in [2.75, 3.05) is 6.26 Å². The summed E-state index contributed by atoms with van der Waals surface area (Å²) in [5.41, 5.74) is 7.20. The van der Waals surface area contributed by atoms with E-state index >= 15 is 0 Å². The quantitative estimate of drug-likeness (QED) is 0.824. The number of hydrogen-bond acceptors (Lipinski definition) is 5. The van der Waals surface area contributed by atoms with Gasteiger partial charge >= 0.3 is 0 Å². The van der Waals surface area contributed by atoms with E-state index in [1.54, 1.807) is 18.8 Å². The van der Waals surface area contributed by atoms with Crippen LogP contribution in [0.5, 0.6) is 0 Å². The maximum Gasteiger partial charge on any atom is 0.176 e. The monoisotopic (exact) mass is 249 g/mol. The fraction of sp³-hybridized carbons (Fsp3) is 0.364. The van der Waals surface area contributed by atoms with E-state index in [2.05, 4.69) is 33.8 Å². The van der Waals surface area contributed by atoms with Crippen LogP contribution in [-0.4, -0.2) is 26.5 Å². The standard InChI is InChI=1S/C11H15N5S/c1-16-14-11(13-15-16)7-10(12)8-3-5-9(17-2)6-4-8/h3-6,10H,7,12H2,1-2H3. The molecular formula is C11H15N5S. The summed E-state index contributed by atoms with van der Waals surface area (Å²) in [7, 11) is 1.75. The third-order valence-electron chi connectivity index (χ3n) is 2.50. The van der Waals surface area contributed by atoms with Crippen LogP contribution in [0.1, 0.15) is 17.4 Å². The third kappa shape index (κ3) is 3.04. The molecule has 0 aliphatic carbocycles. The molecule has 0 saturated heterocycles. The van der Waals surface area contributed by atoms with Gasteiger partial charge < -0.3 is 5.73 Å². The maximum absolute atomic E-state index is 6.10. The van der Waals surface area contributed by atoms with Crippen LogP contribution in [0.2, 0.25) is 0 Å². The second kappa shape index (κ2) is 5.29. The highest BCUT2D eigenvalue weighted by molar-refractivity contribution is 7.98. The molecule has 5 nitrogen and oxygen atoms in total. The van der Waals surface area contributed by atoms with Crippen molar-refractivity contribution in [1.29, 1.82) is 0 Å². The van der Waals surface area contributed by atoms with Gasteiger partial charge in [-0.25, -0.2) is 0 Å². The largest absolute Gasteiger partial charge is 0.324 e. The number of rotatable bonds is 4. The van der Waals surface area contributed by atoms with E-state index in [0.717, 1.165) is 5.56 Å². The molecule has 1 unspecified atom stereocenters. The molecule has 0 amide bonds. The van der Waals surface area contributed by atoms with E-state index in [-0.39, 0.29) is 6.04 Å². The van der Waals surface area contributed by atoms with Gasteiger partial charge in [-0.2, -0.15) is 4.80 Å². The molecule has 17 heavy (non-hydrogen) atoms. The molecule has 2 N–H and O–H groups in total. The molecule has 0 saturated carbocycles. The van der Waals surface area contributed by atoms with Crippen LogP contribution in [0.25, 0.3) is 0 Å². The second-order valence-corrected chi connectivity index (χ2v) is 4.66. The summed E-state index contributed by atoms with van der Waals surface area (Å²) in [6.45, 7) is 0. The van der Waals surface area contributed by atoms with Gasteiger partial charge in [0.15, 0.2) is 5.82 Å². The molecular weight excluding hydrogens is 234 g/mol. The number of aromatic nitrogens is 4.